The van der Waals surface area contributed by atoms with Crippen molar-refractivity contribution in [2.45, 2.75) is 32.4 Å². The summed E-state index contributed by atoms with van der Waals surface area (Å²) in [6, 6.07) is 9.36. The van der Waals surface area contributed by atoms with Crippen LogP contribution in [0.25, 0.3) is 0 Å². The molecule has 1 unspecified atom stereocenters. The van der Waals surface area contributed by atoms with Crippen LogP contribution >= 0.6 is 0 Å². The first-order valence-electron chi connectivity index (χ1n) is 9.07. The second kappa shape index (κ2) is 11.2. The van der Waals surface area contributed by atoms with Gasteiger partial charge in [0.05, 0.1) is 19.3 Å². The number of carbonyl (C=O) groups is 3. The highest BCUT2D eigenvalue weighted by Crippen LogP contribution is 2.19. The SMILES string of the molecule is CCOC(=O)CNC(=O)COCC1CCCN1C(=O)OCc1ccccc1. The topological polar surface area (TPSA) is 94.2 Å². The van der Waals surface area contributed by atoms with E-state index in [0.29, 0.717) is 6.54 Å². The second-order valence-corrected chi connectivity index (χ2v) is 6.13. The summed E-state index contributed by atoms with van der Waals surface area (Å²) >= 11 is 0. The molecule has 1 aromatic carbocycles. The predicted octanol–water partition coefficient (Wildman–Crippen LogP) is 1.48. The minimum Gasteiger partial charge on any atom is -0.465 e. The predicted molar refractivity (Wildman–Crippen MR) is 96.8 cm³/mol. The molecule has 148 valence electrons. The quantitative estimate of drug-likeness (QED) is 0.654. The van der Waals surface area contributed by atoms with Crippen LogP contribution < -0.4 is 5.32 Å². The van der Waals surface area contributed by atoms with E-state index < -0.39 is 11.9 Å². The van der Waals surface area contributed by atoms with Gasteiger partial charge in [-0.15, -0.1) is 0 Å². The highest BCUT2D eigenvalue weighted by molar-refractivity contribution is 5.82. The van der Waals surface area contributed by atoms with Crippen LogP contribution in [0.5, 0.6) is 0 Å². The van der Waals surface area contributed by atoms with E-state index in [1.165, 1.54) is 0 Å². The molecule has 8 heteroatoms. The van der Waals surface area contributed by atoms with Crippen LogP contribution in [0, 0.1) is 0 Å². The number of ether oxygens (including phenoxy) is 3. The molecule has 0 bridgehead atoms. The molecular weight excluding hydrogens is 352 g/mol. The Kier molecular flexibility index (Phi) is 8.57. The lowest BCUT2D eigenvalue weighted by molar-refractivity contribution is -0.143. The first-order chi connectivity index (χ1) is 13.1. The summed E-state index contributed by atoms with van der Waals surface area (Å²) in [6.45, 7) is 2.67. The molecule has 1 aliphatic heterocycles. The molecule has 0 aliphatic carbocycles. The molecule has 1 fully saturated rings. The molecule has 27 heavy (non-hydrogen) atoms. The number of rotatable bonds is 9. The monoisotopic (exact) mass is 378 g/mol. The molecule has 1 atom stereocenters. The Morgan fingerprint density at radius 1 is 1.19 bits per heavy atom. The zero-order valence-electron chi connectivity index (χ0n) is 15.5. The number of carbonyl (C=O) groups excluding carboxylic acids is 3. The molecule has 1 N–H and O–H groups in total. The summed E-state index contributed by atoms with van der Waals surface area (Å²) in [5, 5.41) is 2.42. The fourth-order valence-corrected chi connectivity index (χ4v) is 2.77. The standard InChI is InChI=1S/C19H26N2O6/c1-2-26-18(23)11-20-17(22)14-25-13-16-9-6-10-21(16)19(24)27-12-15-7-4-3-5-8-15/h3-5,7-8,16H,2,6,9-14H2,1H3,(H,20,22). The Labute approximate surface area is 158 Å². The average Bonchev–Trinajstić information content (AvgIpc) is 3.14. The van der Waals surface area contributed by atoms with Crippen molar-refractivity contribution in [3.8, 4) is 0 Å². The van der Waals surface area contributed by atoms with Crippen LogP contribution in [0.1, 0.15) is 25.3 Å². The van der Waals surface area contributed by atoms with Crippen molar-refractivity contribution >= 4 is 18.0 Å². The van der Waals surface area contributed by atoms with Crippen LogP contribution in [0.2, 0.25) is 0 Å². The van der Waals surface area contributed by atoms with Gasteiger partial charge in [0.2, 0.25) is 5.91 Å². The number of amides is 2. The van der Waals surface area contributed by atoms with Crippen molar-refractivity contribution in [2.24, 2.45) is 0 Å². The molecule has 0 saturated carbocycles. The summed E-state index contributed by atoms with van der Waals surface area (Å²) < 4.78 is 15.5. The van der Waals surface area contributed by atoms with Gasteiger partial charge in [0.25, 0.3) is 0 Å². The van der Waals surface area contributed by atoms with Crippen molar-refractivity contribution < 1.29 is 28.6 Å². The highest BCUT2D eigenvalue weighted by atomic mass is 16.6. The molecule has 1 heterocycles. The lowest BCUT2D eigenvalue weighted by atomic mass is 10.2. The fourth-order valence-electron chi connectivity index (χ4n) is 2.77. The van der Waals surface area contributed by atoms with Crippen molar-refractivity contribution in [3.63, 3.8) is 0 Å². The van der Waals surface area contributed by atoms with Crippen LogP contribution in [0.3, 0.4) is 0 Å². The normalized spacial score (nSPS) is 16.0. The number of nitrogens with zero attached hydrogens (tertiary/aromatic N) is 1. The molecule has 2 rings (SSSR count). The van der Waals surface area contributed by atoms with Crippen LogP contribution in [0.4, 0.5) is 4.79 Å². The highest BCUT2D eigenvalue weighted by Gasteiger charge is 2.30. The van der Waals surface area contributed by atoms with E-state index in [2.05, 4.69) is 5.32 Å². The second-order valence-electron chi connectivity index (χ2n) is 6.13. The fraction of sp³-hybridized carbons (Fsp3) is 0.526. The van der Waals surface area contributed by atoms with Gasteiger partial charge in [0.15, 0.2) is 0 Å². The van der Waals surface area contributed by atoms with Crippen molar-refractivity contribution in [2.75, 3.05) is 32.9 Å². The third kappa shape index (κ3) is 7.26. The minimum atomic E-state index is -0.492. The van der Waals surface area contributed by atoms with E-state index in [4.69, 9.17) is 14.2 Å². The Morgan fingerprint density at radius 3 is 2.70 bits per heavy atom. The molecular formula is C19H26N2O6. The molecule has 1 saturated heterocycles. The summed E-state index contributed by atoms with van der Waals surface area (Å²) in [5.74, 6) is -0.895. The van der Waals surface area contributed by atoms with Gasteiger partial charge < -0.3 is 24.4 Å². The molecule has 0 aromatic heterocycles. The van der Waals surface area contributed by atoms with Crippen molar-refractivity contribution in [1.82, 2.24) is 10.2 Å². The van der Waals surface area contributed by atoms with E-state index in [1.807, 2.05) is 30.3 Å². The van der Waals surface area contributed by atoms with Gasteiger partial charge in [-0.1, -0.05) is 30.3 Å². The summed E-state index contributed by atoms with van der Waals surface area (Å²) in [7, 11) is 0. The van der Waals surface area contributed by atoms with E-state index in [0.717, 1.165) is 18.4 Å². The van der Waals surface area contributed by atoms with E-state index in [1.54, 1.807) is 11.8 Å². The lowest BCUT2D eigenvalue weighted by Crippen LogP contribution is -2.40. The van der Waals surface area contributed by atoms with Gasteiger partial charge in [0, 0.05) is 6.54 Å². The Morgan fingerprint density at radius 2 is 1.96 bits per heavy atom. The molecule has 8 nitrogen and oxygen atoms in total. The molecule has 0 radical (unpaired) electrons. The zero-order valence-corrected chi connectivity index (χ0v) is 15.5. The molecule has 1 aromatic rings. The molecule has 2 amide bonds. The number of benzene rings is 1. The summed E-state index contributed by atoms with van der Waals surface area (Å²) in [6.07, 6.45) is 1.28. The van der Waals surface area contributed by atoms with Gasteiger partial charge in [-0.25, -0.2) is 4.79 Å². The largest absolute Gasteiger partial charge is 0.465 e. The first kappa shape index (κ1) is 20.7. The third-order valence-electron chi connectivity index (χ3n) is 4.10. The van der Waals surface area contributed by atoms with E-state index >= 15 is 0 Å². The summed E-state index contributed by atoms with van der Waals surface area (Å²) in [5.41, 5.74) is 0.927. The van der Waals surface area contributed by atoms with Crippen LogP contribution in [0.15, 0.2) is 30.3 Å². The zero-order chi connectivity index (χ0) is 19.5. The maximum atomic E-state index is 12.3. The number of hydrogen-bond acceptors (Lipinski definition) is 6. The Hall–Kier alpha value is -2.61. The molecule has 1 aliphatic rings. The Balaban J connectivity index is 1.67. The molecule has 0 spiro atoms. The average molecular weight is 378 g/mol. The minimum absolute atomic E-state index is 0.119. The third-order valence-corrected chi connectivity index (χ3v) is 4.10. The summed E-state index contributed by atoms with van der Waals surface area (Å²) in [4.78, 5) is 36.7. The van der Waals surface area contributed by atoms with Gasteiger partial charge in [0.1, 0.15) is 19.8 Å². The van der Waals surface area contributed by atoms with Gasteiger partial charge in [-0.2, -0.15) is 0 Å². The van der Waals surface area contributed by atoms with E-state index in [-0.39, 0.29) is 45.1 Å². The van der Waals surface area contributed by atoms with Crippen LogP contribution in [-0.2, 0) is 30.4 Å². The van der Waals surface area contributed by atoms with Gasteiger partial charge >= 0.3 is 12.1 Å². The smallest absolute Gasteiger partial charge is 0.410 e. The number of esters is 1. The Bertz CT molecular complexity index is 622. The van der Waals surface area contributed by atoms with Crippen LogP contribution in [-0.4, -0.2) is 61.8 Å². The van der Waals surface area contributed by atoms with Crippen molar-refractivity contribution in [3.05, 3.63) is 35.9 Å². The maximum absolute atomic E-state index is 12.3. The van der Waals surface area contributed by atoms with Gasteiger partial charge in [-0.05, 0) is 25.3 Å². The van der Waals surface area contributed by atoms with Crippen molar-refractivity contribution in [1.29, 1.82) is 0 Å². The van der Waals surface area contributed by atoms with E-state index in [9.17, 15) is 14.4 Å². The number of nitrogens with one attached hydrogen (secondary N) is 1. The number of hydrogen-bond donors (Lipinski definition) is 1. The maximum Gasteiger partial charge on any atom is 0.410 e. The number of likely N-dealkylation sites (tertiary alicyclic amines) is 1. The first-order valence-corrected chi connectivity index (χ1v) is 9.07. The lowest BCUT2D eigenvalue weighted by Gasteiger charge is -2.23. The van der Waals surface area contributed by atoms with Gasteiger partial charge in [-0.3, -0.25) is 9.59 Å².